The van der Waals surface area contributed by atoms with Gasteiger partial charge in [-0.2, -0.15) is 5.10 Å². The van der Waals surface area contributed by atoms with E-state index in [9.17, 15) is 14.9 Å². The monoisotopic (exact) mass is 389 g/mol. The van der Waals surface area contributed by atoms with Gasteiger partial charge in [-0.1, -0.05) is 42.5 Å². The summed E-state index contributed by atoms with van der Waals surface area (Å²) in [5.41, 5.74) is 5.06. The van der Waals surface area contributed by atoms with Crippen LogP contribution in [0.5, 0.6) is 5.75 Å². The van der Waals surface area contributed by atoms with Crippen LogP contribution >= 0.6 is 0 Å². The number of ether oxygens (including phenoxy) is 1. The van der Waals surface area contributed by atoms with Gasteiger partial charge in [0.15, 0.2) is 0 Å². The smallest absolute Gasteiger partial charge is 0.275 e. The van der Waals surface area contributed by atoms with Gasteiger partial charge in [0, 0.05) is 12.1 Å². The largest absolute Gasteiger partial charge is 0.488 e. The molecule has 0 aromatic heterocycles. The van der Waals surface area contributed by atoms with Crippen molar-refractivity contribution in [1.29, 1.82) is 0 Å². The average Bonchev–Trinajstić information content (AvgIpc) is 2.76. The van der Waals surface area contributed by atoms with Crippen molar-refractivity contribution in [3.05, 3.63) is 106 Å². The van der Waals surface area contributed by atoms with Crippen LogP contribution in [0.25, 0.3) is 0 Å². The van der Waals surface area contributed by atoms with Gasteiger partial charge < -0.3 is 4.74 Å². The number of hydrazone groups is 1. The first-order valence-electron chi connectivity index (χ1n) is 8.90. The summed E-state index contributed by atoms with van der Waals surface area (Å²) in [5, 5.41) is 14.8. The lowest BCUT2D eigenvalue weighted by molar-refractivity contribution is -0.384. The number of nitro benzene ring substituents is 1. The molecule has 146 valence electrons. The highest BCUT2D eigenvalue weighted by atomic mass is 16.6. The summed E-state index contributed by atoms with van der Waals surface area (Å²) < 4.78 is 5.80. The van der Waals surface area contributed by atoms with E-state index in [1.54, 1.807) is 43.3 Å². The summed E-state index contributed by atoms with van der Waals surface area (Å²) >= 11 is 0. The van der Waals surface area contributed by atoms with Crippen molar-refractivity contribution in [1.82, 2.24) is 5.43 Å². The molecule has 0 heterocycles. The van der Waals surface area contributed by atoms with Crippen LogP contribution in [-0.4, -0.2) is 16.5 Å². The minimum atomic E-state index is -0.468. The zero-order chi connectivity index (χ0) is 20.6. The van der Waals surface area contributed by atoms with Gasteiger partial charge in [-0.15, -0.1) is 0 Å². The zero-order valence-corrected chi connectivity index (χ0v) is 15.7. The Labute approximate surface area is 167 Å². The first-order valence-corrected chi connectivity index (χ1v) is 8.90. The number of hydrogen-bond acceptors (Lipinski definition) is 5. The molecule has 1 amide bonds. The van der Waals surface area contributed by atoms with Gasteiger partial charge in [0.1, 0.15) is 12.4 Å². The van der Waals surface area contributed by atoms with E-state index in [4.69, 9.17) is 4.74 Å². The molecule has 3 rings (SSSR count). The minimum absolute atomic E-state index is 0.00456. The standard InChI is InChI=1S/C22H19N3O4/c1-16(18-11-13-19(14-12-18)25(27)28)23-24-22(26)20-9-5-6-10-21(20)29-15-17-7-3-2-4-8-17/h2-14H,15H2,1H3,(H,24,26)/b23-16+. The molecule has 0 aliphatic carbocycles. The fourth-order valence-corrected chi connectivity index (χ4v) is 2.60. The van der Waals surface area contributed by atoms with Crippen molar-refractivity contribution in [2.24, 2.45) is 5.10 Å². The van der Waals surface area contributed by atoms with Crippen molar-refractivity contribution >= 4 is 17.3 Å². The third-order valence-electron chi connectivity index (χ3n) is 4.19. The highest BCUT2D eigenvalue weighted by molar-refractivity contribution is 6.01. The van der Waals surface area contributed by atoms with Crippen LogP contribution in [0, 0.1) is 10.1 Å². The SMILES string of the molecule is C/C(=N\NC(=O)c1ccccc1OCc1ccccc1)c1ccc([N+](=O)[O-])cc1. The van der Waals surface area contributed by atoms with Crippen molar-refractivity contribution < 1.29 is 14.5 Å². The van der Waals surface area contributed by atoms with E-state index < -0.39 is 10.8 Å². The molecule has 0 atom stereocenters. The number of hydrogen-bond donors (Lipinski definition) is 1. The topological polar surface area (TPSA) is 93.8 Å². The minimum Gasteiger partial charge on any atom is -0.488 e. The molecule has 29 heavy (non-hydrogen) atoms. The van der Waals surface area contributed by atoms with E-state index >= 15 is 0 Å². The molecule has 0 saturated heterocycles. The number of nitrogens with zero attached hydrogens (tertiary/aromatic N) is 2. The number of amides is 1. The molecule has 7 nitrogen and oxygen atoms in total. The van der Waals surface area contributed by atoms with Gasteiger partial charge in [-0.3, -0.25) is 14.9 Å². The molecule has 0 spiro atoms. The molecule has 0 saturated carbocycles. The van der Waals surface area contributed by atoms with E-state index in [1.807, 2.05) is 30.3 Å². The van der Waals surface area contributed by atoms with Crippen molar-refractivity contribution in [3.8, 4) is 5.75 Å². The summed E-state index contributed by atoms with van der Waals surface area (Å²) in [4.78, 5) is 22.8. The Hall–Kier alpha value is -4.00. The molecule has 0 aliphatic heterocycles. The molecule has 0 aliphatic rings. The van der Waals surface area contributed by atoms with Gasteiger partial charge in [0.05, 0.1) is 16.2 Å². The van der Waals surface area contributed by atoms with Gasteiger partial charge in [0.25, 0.3) is 11.6 Å². The number of rotatable bonds is 7. The lowest BCUT2D eigenvalue weighted by Gasteiger charge is -2.11. The maximum atomic E-state index is 12.6. The molecule has 0 bridgehead atoms. The molecule has 0 fully saturated rings. The predicted octanol–water partition coefficient (Wildman–Crippen LogP) is 4.33. The lowest BCUT2D eigenvalue weighted by Crippen LogP contribution is -2.20. The summed E-state index contributed by atoms with van der Waals surface area (Å²) in [6, 6.07) is 22.5. The maximum Gasteiger partial charge on any atom is 0.275 e. The second kappa shape index (κ2) is 9.27. The molecule has 0 unspecified atom stereocenters. The first-order chi connectivity index (χ1) is 14.0. The van der Waals surface area contributed by atoms with Crippen molar-refractivity contribution in [2.75, 3.05) is 0 Å². The Balaban J connectivity index is 1.68. The predicted molar refractivity (Wildman–Crippen MR) is 110 cm³/mol. The summed E-state index contributed by atoms with van der Waals surface area (Å²) in [7, 11) is 0. The Bertz CT molecular complexity index is 1030. The molecule has 0 radical (unpaired) electrons. The van der Waals surface area contributed by atoms with Crippen molar-refractivity contribution in [3.63, 3.8) is 0 Å². The Morgan fingerprint density at radius 1 is 1.00 bits per heavy atom. The maximum absolute atomic E-state index is 12.6. The van der Waals surface area contributed by atoms with Gasteiger partial charge >= 0.3 is 0 Å². The number of carbonyl (C=O) groups excluding carboxylic acids is 1. The first kappa shape index (κ1) is 19.8. The van der Waals surface area contributed by atoms with E-state index in [0.29, 0.717) is 29.2 Å². The van der Waals surface area contributed by atoms with Gasteiger partial charge in [-0.05, 0) is 42.3 Å². The van der Waals surface area contributed by atoms with E-state index in [1.165, 1.54) is 12.1 Å². The number of nitrogens with one attached hydrogen (secondary N) is 1. The van der Waals surface area contributed by atoms with Crippen LogP contribution in [0.15, 0.2) is 84.0 Å². The zero-order valence-electron chi connectivity index (χ0n) is 15.7. The van der Waals surface area contributed by atoms with Crippen LogP contribution in [0.2, 0.25) is 0 Å². The Kier molecular flexibility index (Phi) is 6.32. The fraction of sp³-hybridized carbons (Fsp3) is 0.0909. The van der Waals surface area contributed by atoms with Gasteiger partial charge in [-0.25, -0.2) is 5.43 Å². The molecule has 3 aromatic rings. The highest BCUT2D eigenvalue weighted by Gasteiger charge is 2.12. The van der Waals surface area contributed by atoms with Crippen molar-refractivity contribution in [2.45, 2.75) is 13.5 Å². The number of nitro groups is 1. The second-order valence-electron chi connectivity index (χ2n) is 6.21. The molecule has 7 heteroatoms. The van der Waals surface area contributed by atoms with Gasteiger partial charge in [0.2, 0.25) is 0 Å². The number of para-hydroxylation sites is 1. The van der Waals surface area contributed by atoms with E-state index in [-0.39, 0.29) is 5.69 Å². The van der Waals surface area contributed by atoms with Crippen LogP contribution in [0.3, 0.4) is 0 Å². The van der Waals surface area contributed by atoms with Crippen LogP contribution < -0.4 is 10.2 Å². The van der Waals surface area contributed by atoms with Crippen LogP contribution in [-0.2, 0) is 6.61 Å². The molecular weight excluding hydrogens is 370 g/mol. The normalized spacial score (nSPS) is 11.0. The quantitative estimate of drug-likeness (QED) is 0.370. The molecule has 3 aromatic carbocycles. The van der Waals surface area contributed by atoms with Crippen LogP contribution in [0.1, 0.15) is 28.4 Å². The fourth-order valence-electron chi connectivity index (χ4n) is 2.60. The summed E-state index contributed by atoms with van der Waals surface area (Å²) in [6.45, 7) is 2.05. The Morgan fingerprint density at radius 3 is 2.34 bits per heavy atom. The summed E-state index contributed by atoms with van der Waals surface area (Å²) in [5.74, 6) is 0.0481. The molecule has 1 N–H and O–H groups in total. The third-order valence-corrected chi connectivity index (χ3v) is 4.19. The number of benzene rings is 3. The third kappa shape index (κ3) is 5.26. The highest BCUT2D eigenvalue weighted by Crippen LogP contribution is 2.19. The number of non-ortho nitro benzene ring substituents is 1. The van der Waals surface area contributed by atoms with E-state index in [2.05, 4.69) is 10.5 Å². The average molecular weight is 389 g/mol. The molecular formula is C22H19N3O4. The van der Waals surface area contributed by atoms with E-state index in [0.717, 1.165) is 5.56 Å². The van der Waals surface area contributed by atoms with Crippen LogP contribution in [0.4, 0.5) is 5.69 Å². The lowest BCUT2D eigenvalue weighted by atomic mass is 10.1. The number of carbonyl (C=O) groups is 1. The second-order valence-corrected chi connectivity index (χ2v) is 6.21. The Morgan fingerprint density at radius 2 is 1.66 bits per heavy atom. The summed E-state index contributed by atoms with van der Waals surface area (Å²) in [6.07, 6.45) is 0.